The summed E-state index contributed by atoms with van der Waals surface area (Å²) in [6, 6.07) is 51.6. The summed E-state index contributed by atoms with van der Waals surface area (Å²) >= 11 is 0. The van der Waals surface area contributed by atoms with E-state index in [0.717, 1.165) is 71.7 Å². The summed E-state index contributed by atoms with van der Waals surface area (Å²) in [6.45, 7) is 0. The first-order valence-electron chi connectivity index (χ1n) is 15.9. The van der Waals surface area contributed by atoms with E-state index >= 15 is 0 Å². The molecule has 0 unspecified atom stereocenters. The number of furan rings is 2. The molecule has 10 rings (SSSR count). The van der Waals surface area contributed by atoms with Crippen LogP contribution in [0.2, 0.25) is 0 Å². The van der Waals surface area contributed by atoms with Gasteiger partial charge in [0.1, 0.15) is 22.3 Å². The number of hydrogen-bond acceptors (Lipinski definition) is 5. The molecule has 0 fully saturated rings. The molecule has 0 spiro atoms. The van der Waals surface area contributed by atoms with Crippen LogP contribution in [0, 0.1) is 0 Å². The van der Waals surface area contributed by atoms with Crippen LogP contribution in [0.15, 0.2) is 160 Å². The van der Waals surface area contributed by atoms with Crippen molar-refractivity contribution in [2.75, 3.05) is 0 Å². The quantitative estimate of drug-likeness (QED) is 0.197. The Kier molecular flexibility index (Phi) is 5.81. The zero-order valence-electron chi connectivity index (χ0n) is 25.6. The lowest BCUT2D eigenvalue weighted by Crippen LogP contribution is -2.00. The van der Waals surface area contributed by atoms with E-state index in [1.807, 2.05) is 78.9 Å². The standard InChI is InChI=1S/C43H25N3O2/c1-2-12-27(13-3-1)41-44-42(32-17-9-20-35-38(32)31-15-6-7-19-34(31)47-35)46-43(45-41)33-18-10-22-37-40(33)39-30(16-8-21-36(39)48-37)29-24-23-26-11-4-5-14-28(26)25-29/h1-25H. The molecule has 0 saturated carbocycles. The van der Waals surface area contributed by atoms with Gasteiger partial charge in [0.25, 0.3) is 0 Å². The Morgan fingerprint density at radius 2 is 0.875 bits per heavy atom. The Labute approximate surface area is 274 Å². The molecular weight excluding hydrogens is 590 g/mol. The molecule has 7 aromatic carbocycles. The van der Waals surface area contributed by atoms with Crippen molar-refractivity contribution in [2.24, 2.45) is 0 Å². The third-order valence-electron chi connectivity index (χ3n) is 9.13. The average Bonchev–Trinajstić information content (AvgIpc) is 3.73. The van der Waals surface area contributed by atoms with Gasteiger partial charge in [-0.25, -0.2) is 15.0 Å². The van der Waals surface area contributed by atoms with Gasteiger partial charge in [-0.2, -0.15) is 0 Å². The molecule has 5 heteroatoms. The van der Waals surface area contributed by atoms with Crippen LogP contribution in [-0.4, -0.2) is 15.0 Å². The van der Waals surface area contributed by atoms with Gasteiger partial charge in [-0.15, -0.1) is 0 Å². The summed E-state index contributed by atoms with van der Waals surface area (Å²) in [5, 5.41) is 6.40. The molecular formula is C43H25N3O2. The Balaban J connectivity index is 1.26. The number of nitrogens with zero attached hydrogens (tertiary/aromatic N) is 3. The molecule has 0 radical (unpaired) electrons. The van der Waals surface area contributed by atoms with Crippen LogP contribution in [0.3, 0.4) is 0 Å². The van der Waals surface area contributed by atoms with Gasteiger partial charge in [0, 0.05) is 38.2 Å². The fraction of sp³-hybridized carbons (Fsp3) is 0. The van der Waals surface area contributed by atoms with Crippen LogP contribution < -0.4 is 0 Å². The first kappa shape index (κ1) is 26.6. The molecule has 0 aliphatic heterocycles. The van der Waals surface area contributed by atoms with Crippen molar-refractivity contribution in [3.63, 3.8) is 0 Å². The Bertz CT molecular complexity index is 2850. The molecule has 0 saturated heterocycles. The zero-order valence-corrected chi connectivity index (χ0v) is 25.6. The molecule has 3 aromatic heterocycles. The largest absolute Gasteiger partial charge is 0.456 e. The molecule has 224 valence electrons. The normalized spacial score (nSPS) is 11.8. The number of fused-ring (bicyclic) bond motifs is 7. The van der Waals surface area contributed by atoms with Crippen molar-refractivity contribution in [1.29, 1.82) is 0 Å². The SMILES string of the molecule is c1ccc(-c2nc(-c3cccc4oc5ccccc5c34)nc(-c3cccc4oc5cccc(-c6ccc7ccccc7c6)c5c34)n2)cc1. The lowest BCUT2D eigenvalue weighted by Gasteiger charge is -2.11. The summed E-state index contributed by atoms with van der Waals surface area (Å²) in [4.78, 5) is 15.4. The summed E-state index contributed by atoms with van der Waals surface area (Å²) in [7, 11) is 0. The Morgan fingerprint density at radius 3 is 1.65 bits per heavy atom. The summed E-state index contributed by atoms with van der Waals surface area (Å²) < 4.78 is 12.7. The van der Waals surface area contributed by atoms with Crippen LogP contribution >= 0.6 is 0 Å². The van der Waals surface area contributed by atoms with Gasteiger partial charge in [-0.3, -0.25) is 0 Å². The molecule has 10 aromatic rings. The summed E-state index contributed by atoms with van der Waals surface area (Å²) in [5.41, 5.74) is 8.11. The Hall–Kier alpha value is -6.59. The highest BCUT2D eigenvalue weighted by Crippen LogP contribution is 2.42. The maximum atomic E-state index is 6.51. The zero-order chi connectivity index (χ0) is 31.6. The number of para-hydroxylation sites is 1. The molecule has 0 N–H and O–H groups in total. The maximum Gasteiger partial charge on any atom is 0.164 e. The predicted octanol–water partition coefficient (Wildman–Crippen LogP) is 11.5. The van der Waals surface area contributed by atoms with Gasteiger partial charge < -0.3 is 8.83 Å². The summed E-state index contributed by atoms with van der Waals surface area (Å²) in [5.74, 6) is 1.75. The number of hydrogen-bond donors (Lipinski definition) is 0. The number of rotatable bonds is 4. The van der Waals surface area contributed by atoms with E-state index in [4.69, 9.17) is 23.8 Å². The van der Waals surface area contributed by atoms with E-state index in [9.17, 15) is 0 Å². The van der Waals surface area contributed by atoms with Crippen molar-refractivity contribution in [3.8, 4) is 45.3 Å². The molecule has 0 aliphatic rings. The lowest BCUT2D eigenvalue weighted by atomic mass is 9.95. The minimum Gasteiger partial charge on any atom is -0.456 e. The third kappa shape index (κ3) is 4.15. The molecule has 0 atom stereocenters. The first-order valence-corrected chi connectivity index (χ1v) is 15.9. The molecule has 48 heavy (non-hydrogen) atoms. The van der Waals surface area contributed by atoms with E-state index in [2.05, 4.69) is 72.8 Å². The van der Waals surface area contributed by atoms with Crippen molar-refractivity contribution in [1.82, 2.24) is 15.0 Å². The van der Waals surface area contributed by atoms with E-state index in [1.54, 1.807) is 0 Å². The van der Waals surface area contributed by atoms with Gasteiger partial charge in [-0.05, 0) is 52.2 Å². The summed E-state index contributed by atoms with van der Waals surface area (Å²) in [6.07, 6.45) is 0. The van der Waals surface area contributed by atoms with Gasteiger partial charge in [0.15, 0.2) is 17.5 Å². The van der Waals surface area contributed by atoms with Crippen LogP contribution in [0.25, 0.3) is 99.9 Å². The highest BCUT2D eigenvalue weighted by molar-refractivity contribution is 6.18. The smallest absolute Gasteiger partial charge is 0.164 e. The third-order valence-corrected chi connectivity index (χ3v) is 9.13. The van der Waals surface area contributed by atoms with Crippen molar-refractivity contribution >= 4 is 54.6 Å². The monoisotopic (exact) mass is 615 g/mol. The molecule has 0 amide bonds. The minimum atomic E-state index is 0.574. The van der Waals surface area contributed by atoms with Crippen LogP contribution in [0.5, 0.6) is 0 Å². The second-order valence-corrected chi connectivity index (χ2v) is 12.0. The number of aromatic nitrogens is 3. The van der Waals surface area contributed by atoms with E-state index < -0.39 is 0 Å². The van der Waals surface area contributed by atoms with Crippen molar-refractivity contribution in [2.45, 2.75) is 0 Å². The average molecular weight is 616 g/mol. The van der Waals surface area contributed by atoms with E-state index in [-0.39, 0.29) is 0 Å². The van der Waals surface area contributed by atoms with Crippen LogP contribution in [-0.2, 0) is 0 Å². The highest BCUT2D eigenvalue weighted by Gasteiger charge is 2.21. The van der Waals surface area contributed by atoms with E-state index in [1.165, 1.54) is 10.8 Å². The topological polar surface area (TPSA) is 65.0 Å². The number of benzene rings is 7. The fourth-order valence-corrected chi connectivity index (χ4v) is 6.94. The van der Waals surface area contributed by atoms with Crippen LogP contribution in [0.4, 0.5) is 0 Å². The molecule has 0 aliphatic carbocycles. The van der Waals surface area contributed by atoms with Gasteiger partial charge in [-0.1, -0.05) is 121 Å². The second-order valence-electron chi connectivity index (χ2n) is 12.0. The van der Waals surface area contributed by atoms with Gasteiger partial charge in [0.2, 0.25) is 0 Å². The first-order chi connectivity index (χ1) is 23.8. The molecule has 3 heterocycles. The van der Waals surface area contributed by atoms with Crippen LogP contribution in [0.1, 0.15) is 0 Å². The van der Waals surface area contributed by atoms with Crippen molar-refractivity contribution < 1.29 is 8.83 Å². The van der Waals surface area contributed by atoms with Gasteiger partial charge in [0.05, 0.1) is 0 Å². The highest BCUT2D eigenvalue weighted by atomic mass is 16.3. The minimum absolute atomic E-state index is 0.574. The molecule has 0 bridgehead atoms. The lowest BCUT2D eigenvalue weighted by molar-refractivity contribution is 0.668. The fourth-order valence-electron chi connectivity index (χ4n) is 6.94. The second kappa shape index (κ2) is 10.5. The predicted molar refractivity (Wildman–Crippen MR) is 194 cm³/mol. The molecule has 5 nitrogen and oxygen atoms in total. The maximum absolute atomic E-state index is 6.51. The van der Waals surface area contributed by atoms with E-state index in [0.29, 0.717) is 17.5 Å². The van der Waals surface area contributed by atoms with Crippen molar-refractivity contribution in [3.05, 3.63) is 152 Å². The Morgan fingerprint density at radius 1 is 0.333 bits per heavy atom. The van der Waals surface area contributed by atoms with Gasteiger partial charge >= 0.3 is 0 Å².